The molecule has 18 heavy (non-hydrogen) atoms. The van der Waals surface area contributed by atoms with Crippen LogP contribution in [0.25, 0.3) is 0 Å². The number of nitrogens with one attached hydrogen (secondary N) is 1. The van der Waals surface area contributed by atoms with Gasteiger partial charge in [0, 0.05) is 31.9 Å². The number of rotatable bonds is 3. The van der Waals surface area contributed by atoms with Crippen molar-refractivity contribution >= 4 is 11.7 Å². The molecule has 1 saturated heterocycles. The van der Waals surface area contributed by atoms with Crippen molar-refractivity contribution in [1.29, 1.82) is 0 Å². The second kappa shape index (κ2) is 5.82. The fourth-order valence-electron chi connectivity index (χ4n) is 2.47. The number of pyridine rings is 1. The van der Waals surface area contributed by atoms with Crippen LogP contribution < -0.4 is 16.0 Å². The zero-order valence-electron chi connectivity index (χ0n) is 10.7. The number of carbonyl (C=O) groups is 1. The summed E-state index contributed by atoms with van der Waals surface area (Å²) in [4.78, 5) is 18.4. The summed E-state index contributed by atoms with van der Waals surface area (Å²) in [7, 11) is 1.68. The van der Waals surface area contributed by atoms with Crippen LogP contribution in [-0.2, 0) is 11.3 Å². The molecule has 1 amide bonds. The molecule has 98 valence electrons. The fraction of sp³-hybridized carbons (Fsp3) is 0.538. The summed E-state index contributed by atoms with van der Waals surface area (Å²) in [5, 5.41) is 2.73. The third-order valence-corrected chi connectivity index (χ3v) is 3.41. The van der Waals surface area contributed by atoms with Gasteiger partial charge >= 0.3 is 0 Å². The van der Waals surface area contributed by atoms with Gasteiger partial charge in [0.2, 0.25) is 5.91 Å². The third kappa shape index (κ3) is 2.46. The Morgan fingerprint density at radius 2 is 2.44 bits per heavy atom. The summed E-state index contributed by atoms with van der Waals surface area (Å²) in [6.45, 7) is 1.31. The van der Waals surface area contributed by atoms with E-state index in [4.69, 9.17) is 5.73 Å². The van der Waals surface area contributed by atoms with Crippen LogP contribution in [0.3, 0.4) is 0 Å². The summed E-state index contributed by atoms with van der Waals surface area (Å²) < 4.78 is 0. The SMILES string of the molecule is CNC(=O)C1CCCCN1c1ncccc1CN. The number of anilines is 1. The Balaban J connectivity index is 2.30. The van der Waals surface area contributed by atoms with Crippen molar-refractivity contribution < 1.29 is 4.79 Å². The lowest BCUT2D eigenvalue weighted by molar-refractivity contribution is -0.122. The monoisotopic (exact) mass is 248 g/mol. The molecule has 2 rings (SSSR count). The lowest BCUT2D eigenvalue weighted by Crippen LogP contribution is -2.49. The predicted molar refractivity (Wildman–Crippen MR) is 71.2 cm³/mol. The molecule has 1 unspecified atom stereocenters. The van der Waals surface area contributed by atoms with Crippen LogP contribution in [0.5, 0.6) is 0 Å². The Morgan fingerprint density at radius 1 is 1.61 bits per heavy atom. The largest absolute Gasteiger partial charge is 0.357 e. The number of hydrogen-bond acceptors (Lipinski definition) is 4. The van der Waals surface area contributed by atoms with E-state index in [9.17, 15) is 4.79 Å². The van der Waals surface area contributed by atoms with E-state index in [0.717, 1.165) is 37.2 Å². The van der Waals surface area contributed by atoms with Gasteiger partial charge in [-0.1, -0.05) is 6.07 Å². The number of likely N-dealkylation sites (N-methyl/N-ethyl adjacent to an activating group) is 1. The first kappa shape index (κ1) is 12.8. The minimum absolute atomic E-state index is 0.0586. The quantitative estimate of drug-likeness (QED) is 0.823. The molecule has 0 radical (unpaired) electrons. The standard InChI is InChI=1S/C13H20N4O/c1-15-13(18)11-6-2-3-8-17(11)12-10(9-14)5-4-7-16-12/h4-5,7,11H,2-3,6,8-9,14H2,1H3,(H,15,18). The van der Waals surface area contributed by atoms with Gasteiger partial charge in [0.25, 0.3) is 0 Å². The number of carbonyl (C=O) groups excluding carboxylic acids is 1. The molecule has 5 heteroatoms. The van der Waals surface area contributed by atoms with Crippen LogP contribution in [0.2, 0.25) is 0 Å². The lowest BCUT2D eigenvalue weighted by Gasteiger charge is -2.36. The van der Waals surface area contributed by atoms with Crippen LogP contribution in [0, 0.1) is 0 Å². The van der Waals surface area contributed by atoms with E-state index in [1.165, 1.54) is 0 Å². The smallest absolute Gasteiger partial charge is 0.242 e. The number of nitrogens with zero attached hydrogens (tertiary/aromatic N) is 2. The molecule has 0 aromatic carbocycles. The Labute approximate surface area is 107 Å². The highest BCUT2D eigenvalue weighted by Gasteiger charge is 2.29. The average Bonchev–Trinajstić information content (AvgIpc) is 2.46. The topological polar surface area (TPSA) is 71.2 Å². The first-order chi connectivity index (χ1) is 8.77. The Bertz CT molecular complexity index is 421. The number of hydrogen-bond donors (Lipinski definition) is 2. The summed E-state index contributed by atoms with van der Waals surface area (Å²) >= 11 is 0. The molecule has 0 aliphatic carbocycles. The highest BCUT2D eigenvalue weighted by Crippen LogP contribution is 2.25. The van der Waals surface area contributed by atoms with Crippen molar-refractivity contribution in [3.05, 3.63) is 23.9 Å². The van der Waals surface area contributed by atoms with E-state index >= 15 is 0 Å². The summed E-state index contributed by atoms with van der Waals surface area (Å²) in [5.41, 5.74) is 6.74. The van der Waals surface area contributed by atoms with Gasteiger partial charge in [0.1, 0.15) is 11.9 Å². The zero-order chi connectivity index (χ0) is 13.0. The molecule has 0 saturated carbocycles. The van der Waals surface area contributed by atoms with Crippen LogP contribution in [0.4, 0.5) is 5.82 Å². The predicted octanol–water partition coefficient (Wildman–Crippen LogP) is 0.645. The minimum Gasteiger partial charge on any atom is -0.357 e. The molecule has 1 aliphatic heterocycles. The minimum atomic E-state index is -0.121. The van der Waals surface area contributed by atoms with Crippen molar-refractivity contribution in [3.63, 3.8) is 0 Å². The molecule has 2 heterocycles. The first-order valence-electron chi connectivity index (χ1n) is 6.40. The number of nitrogens with two attached hydrogens (primary N) is 1. The summed E-state index contributed by atoms with van der Waals surface area (Å²) in [5.74, 6) is 0.914. The van der Waals surface area contributed by atoms with Crippen molar-refractivity contribution in [2.75, 3.05) is 18.5 Å². The third-order valence-electron chi connectivity index (χ3n) is 3.41. The number of aromatic nitrogens is 1. The fourth-order valence-corrected chi connectivity index (χ4v) is 2.47. The van der Waals surface area contributed by atoms with E-state index in [2.05, 4.69) is 15.2 Å². The van der Waals surface area contributed by atoms with Crippen LogP contribution in [-0.4, -0.2) is 30.5 Å². The molecule has 5 nitrogen and oxygen atoms in total. The van der Waals surface area contributed by atoms with Crippen LogP contribution in [0.15, 0.2) is 18.3 Å². The van der Waals surface area contributed by atoms with E-state index in [0.29, 0.717) is 6.54 Å². The first-order valence-corrected chi connectivity index (χ1v) is 6.40. The molecule has 1 atom stereocenters. The molecule has 1 aromatic heterocycles. The highest BCUT2D eigenvalue weighted by molar-refractivity contribution is 5.85. The van der Waals surface area contributed by atoms with E-state index in [1.54, 1.807) is 13.2 Å². The number of amides is 1. The molecule has 3 N–H and O–H groups in total. The van der Waals surface area contributed by atoms with Gasteiger partial charge in [-0.05, 0) is 25.3 Å². The second-order valence-electron chi connectivity index (χ2n) is 4.51. The van der Waals surface area contributed by atoms with E-state index in [1.807, 2.05) is 12.1 Å². The molecule has 1 aromatic rings. The van der Waals surface area contributed by atoms with Gasteiger partial charge < -0.3 is 16.0 Å². The molecular weight excluding hydrogens is 228 g/mol. The van der Waals surface area contributed by atoms with Gasteiger partial charge in [-0.2, -0.15) is 0 Å². The van der Waals surface area contributed by atoms with Crippen LogP contribution in [0.1, 0.15) is 24.8 Å². The molecule has 0 bridgehead atoms. The van der Waals surface area contributed by atoms with Crippen molar-refractivity contribution in [1.82, 2.24) is 10.3 Å². The molecular formula is C13H20N4O. The normalized spacial score (nSPS) is 19.7. The summed E-state index contributed by atoms with van der Waals surface area (Å²) in [6, 6.07) is 3.73. The highest BCUT2D eigenvalue weighted by atomic mass is 16.2. The van der Waals surface area contributed by atoms with Gasteiger partial charge in [-0.3, -0.25) is 4.79 Å². The maximum atomic E-state index is 11.9. The average molecular weight is 248 g/mol. The Kier molecular flexibility index (Phi) is 4.15. The van der Waals surface area contributed by atoms with Crippen molar-refractivity contribution in [2.45, 2.75) is 31.8 Å². The number of piperidine rings is 1. The maximum absolute atomic E-state index is 11.9. The van der Waals surface area contributed by atoms with Crippen LogP contribution >= 0.6 is 0 Å². The molecule has 1 fully saturated rings. The van der Waals surface area contributed by atoms with Crippen molar-refractivity contribution in [3.8, 4) is 0 Å². The summed E-state index contributed by atoms with van der Waals surface area (Å²) in [6.07, 6.45) is 4.80. The molecule has 0 spiro atoms. The Hall–Kier alpha value is -1.62. The van der Waals surface area contributed by atoms with Gasteiger partial charge in [-0.15, -0.1) is 0 Å². The lowest BCUT2D eigenvalue weighted by atomic mass is 10.0. The van der Waals surface area contributed by atoms with E-state index < -0.39 is 0 Å². The second-order valence-corrected chi connectivity index (χ2v) is 4.51. The van der Waals surface area contributed by atoms with Crippen molar-refractivity contribution in [2.24, 2.45) is 5.73 Å². The molecule has 1 aliphatic rings. The maximum Gasteiger partial charge on any atom is 0.242 e. The van der Waals surface area contributed by atoms with Gasteiger partial charge in [-0.25, -0.2) is 4.98 Å². The van der Waals surface area contributed by atoms with Gasteiger partial charge in [0.15, 0.2) is 0 Å². The Morgan fingerprint density at radius 3 is 3.17 bits per heavy atom. The van der Waals surface area contributed by atoms with Gasteiger partial charge in [0.05, 0.1) is 0 Å². The van der Waals surface area contributed by atoms with E-state index in [-0.39, 0.29) is 11.9 Å². The zero-order valence-corrected chi connectivity index (χ0v) is 10.7.